The van der Waals surface area contributed by atoms with Crippen LogP contribution in [0.5, 0.6) is 0 Å². The molecule has 0 saturated carbocycles. The van der Waals surface area contributed by atoms with E-state index in [-0.39, 0.29) is 0 Å². The highest BCUT2D eigenvalue weighted by Crippen LogP contribution is 2.23. The third-order valence-corrected chi connectivity index (χ3v) is 2.51. The lowest BCUT2D eigenvalue weighted by Crippen LogP contribution is -2.24. The fourth-order valence-electron chi connectivity index (χ4n) is 1.47. The van der Waals surface area contributed by atoms with Crippen molar-refractivity contribution in [1.29, 1.82) is 0 Å². The first-order valence-electron chi connectivity index (χ1n) is 4.48. The summed E-state index contributed by atoms with van der Waals surface area (Å²) in [6.45, 7) is 7.48. The average Bonchev–Trinajstić information content (AvgIpc) is 2.03. The molecule has 1 aliphatic heterocycles. The van der Waals surface area contributed by atoms with E-state index in [1.54, 1.807) is 0 Å². The van der Waals surface area contributed by atoms with Gasteiger partial charge in [0.15, 0.2) is 0 Å². The Kier molecular flexibility index (Phi) is 3.13. The maximum Gasteiger partial charge on any atom is 0.0784 e. The first-order chi connectivity index (χ1) is 5.24. The van der Waals surface area contributed by atoms with Gasteiger partial charge < -0.3 is 4.74 Å². The third kappa shape index (κ3) is 2.33. The minimum Gasteiger partial charge on any atom is -0.374 e. The summed E-state index contributed by atoms with van der Waals surface area (Å²) in [5.74, 6) is 0.837. The van der Waals surface area contributed by atoms with Gasteiger partial charge >= 0.3 is 0 Å². The highest BCUT2D eigenvalue weighted by Gasteiger charge is 2.19. The van der Waals surface area contributed by atoms with Gasteiger partial charge in [0.05, 0.1) is 6.10 Å². The number of allylic oxidation sites excluding steroid dienone is 1. The molecule has 0 aromatic carbocycles. The van der Waals surface area contributed by atoms with Crippen LogP contribution in [0.25, 0.3) is 0 Å². The number of hydrogen-bond acceptors (Lipinski definition) is 1. The first kappa shape index (κ1) is 8.79. The molecule has 2 unspecified atom stereocenters. The van der Waals surface area contributed by atoms with Gasteiger partial charge in [-0.15, -0.1) is 0 Å². The molecule has 1 heterocycles. The molecule has 0 aromatic heterocycles. The lowest BCUT2D eigenvalue weighted by Gasteiger charge is -2.27. The Hall–Kier alpha value is -0.300. The topological polar surface area (TPSA) is 9.23 Å². The van der Waals surface area contributed by atoms with Crippen LogP contribution in [0.3, 0.4) is 0 Å². The lowest BCUT2D eigenvalue weighted by atomic mass is 9.94. The number of rotatable bonds is 1. The summed E-state index contributed by atoms with van der Waals surface area (Å²) in [7, 11) is 0. The van der Waals surface area contributed by atoms with Crippen molar-refractivity contribution in [3.8, 4) is 0 Å². The zero-order valence-electron chi connectivity index (χ0n) is 7.76. The molecule has 64 valence electrons. The molecular formula is C10H18O. The second-order valence-corrected chi connectivity index (χ2v) is 3.52. The zero-order chi connectivity index (χ0) is 8.27. The Balaban J connectivity index is 2.46. The molecular weight excluding hydrogens is 136 g/mol. The first-order valence-corrected chi connectivity index (χ1v) is 4.48. The van der Waals surface area contributed by atoms with Crippen molar-refractivity contribution in [2.75, 3.05) is 6.61 Å². The quantitative estimate of drug-likeness (QED) is 0.528. The van der Waals surface area contributed by atoms with Crippen LogP contribution < -0.4 is 0 Å². The maximum atomic E-state index is 5.63. The van der Waals surface area contributed by atoms with Gasteiger partial charge in [-0.05, 0) is 38.2 Å². The molecule has 0 radical (unpaired) electrons. The Morgan fingerprint density at radius 2 is 2.27 bits per heavy atom. The van der Waals surface area contributed by atoms with Gasteiger partial charge in [0.1, 0.15) is 0 Å². The van der Waals surface area contributed by atoms with E-state index in [9.17, 15) is 0 Å². The van der Waals surface area contributed by atoms with Gasteiger partial charge in [0.25, 0.3) is 0 Å². The molecule has 2 atom stereocenters. The molecule has 0 aliphatic carbocycles. The van der Waals surface area contributed by atoms with Crippen LogP contribution in [0, 0.1) is 5.92 Å². The fraction of sp³-hybridized carbons (Fsp3) is 0.800. The predicted molar refractivity (Wildman–Crippen MR) is 47.6 cm³/mol. The molecule has 1 nitrogen and oxygen atoms in total. The monoisotopic (exact) mass is 154 g/mol. The van der Waals surface area contributed by atoms with E-state index in [2.05, 4.69) is 26.8 Å². The van der Waals surface area contributed by atoms with Crippen molar-refractivity contribution >= 4 is 0 Å². The van der Waals surface area contributed by atoms with E-state index in [1.165, 1.54) is 18.4 Å². The van der Waals surface area contributed by atoms with Gasteiger partial charge in [-0.1, -0.05) is 13.0 Å². The second kappa shape index (κ2) is 3.91. The summed E-state index contributed by atoms with van der Waals surface area (Å²) in [5, 5.41) is 0. The predicted octanol–water partition coefficient (Wildman–Crippen LogP) is 2.77. The Morgan fingerprint density at radius 1 is 1.55 bits per heavy atom. The largest absolute Gasteiger partial charge is 0.374 e. The van der Waals surface area contributed by atoms with E-state index >= 15 is 0 Å². The maximum absolute atomic E-state index is 5.63. The molecule has 0 bridgehead atoms. The molecule has 0 amide bonds. The van der Waals surface area contributed by atoms with Crippen LogP contribution in [-0.2, 0) is 4.74 Å². The highest BCUT2D eigenvalue weighted by atomic mass is 16.5. The van der Waals surface area contributed by atoms with E-state index in [4.69, 9.17) is 4.74 Å². The van der Waals surface area contributed by atoms with Crippen LogP contribution >= 0.6 is 0 Å². The van der Waals surface area contributed by atoms with Gasteiger partial charge in [-0.25, -0.2) is 0 Å². The van der Waals surface area contributed by atoms with Gasteiger partial charge in [-0.3, -0.25) is 0 Å². The number of ether oxygens (including phenoxy) is 1. The molecule has 1 heteroatoms. The van der Waals surface area contributed by atoms with Crippen molar-refractivity contribution in [2.24, 2.45) is 5.92 Å². The van der Waals surface area contributed by atoms with Crippen molar-refractivity contribution in [3.05, 3.63) is 11.6 Å². The Labute approximate surface area is 69.4 Å². The van der Waals surface area contributed by atoms with Crippen LogP contribution in [0.2, 0.25) is 0 Å². The normalized spacial score (nSPS) is 33.9. The fourth-order valence-corrected chi connectivity index (χ4v) is 1.47. The van der Waals surface area contributed by atoms with E-state index in [0.29, 0.717) is 6.10 Å². The molecule has 11 heavy (non-hydrogen) atoms. The van der Waals surface area contributed by atoms with Gasteiger partial charge in [0, 0.05) is 6.61 Å². The van der Waals surface area contributed by atoms with Crippen LogP contribution in [-0.4, -0.2) is 12.7 Å². The van der Waals surface area contributed by atoms with Crippen molar-refractivity contribution < 1.29 is 4.74 Å². The summed E-state index contributed by atoms with van der Waals surface area (Å²) < 4.78 is 5.63. The van der Waals surface area contributed by atoms with E-state index in [0.717, 1.165) is 12.5 Å². The average molecular weight is 154 g/mol. The SMILES string of the molecule is C/C=C(/C)C1CC(C)CCO1. The molecule has 0 spiro atoms. The summed E-state index contributed by atoms with van der Waals surface area (Å²) in [5.41, 5.74) is 1.39. The summed E-state index contributed by atoms with van der Waals surface area (Å²) in [6.07, 6.45) is 5.00. The molecule has 1 fully saturated rings. The van der Waals surface area contributed by atoms with Crippen LogP contribution in [0.4, 0.5) is 0 Å². The van der Waals surface area contributed by atoms with Crippen molar-refractivity contribution in [2.45, 2.75) is 39.7 Å². The Bertz CT molecular complexity index is 149. The Morgan fingerprint density at radius 3 is 2.82 bits per heavy atom. The molecule has 1 saturated heterocycles. The highest BCUT2D eigenvalue weighted by molar-refractivity contribution is 5.04. The summed E-state index contributed by atoms with van der Waals surface area (Å²) in [4.78, 5) is 0. The smallest absolute Gasteiger partial charge is 0.0784 e. The zero-order valence-corrected chi connectivity index (χ0v) is 7.76. The van der Waals surface area contributed by atoms with Gasteiger partial charge in [-0.2, -0.15) is 0 Å². The van der Waals surface area contributed by atoms with Crippen LogP contribution in [0.1, 0.15) is 33.6 Å². The lowest BCUT2D eigenvalue weighted by molar-refractivity contribution is 0.0171. The minimum absolute atomic E-state index is 0.406. The van der Waals surface area contributed by atoms with E-state index < -0.39 is 0 Å². The third-order valence-electron chi connectivity index (χ3n) is 2.51. The second-order valence-electron chi connectivity index (χ2n) is 3.52. The molecule has 0 N–H and O–H groups in total. The molecule has 1 rings (SSSR count). The summed E-state index contributed by atoms with van der Waals surface area (Å²) >= 11 is 0. The minimum atomic E-state index is 0.406. The van der Waals surface area contributed by atoms with Crippen LogP contribution in [0.15, 0.2) is 11.6 Å². The molecule has 1 aliphatic rings. The number of hydrogen-bond donors (Lipinski definition) is 0. The molecule has 0 aromatic rings. The van der Waals surface area contributed by atoms with Crippen molar-refractivity contribution in [1.82, 2.24) is 0 Å². The standard InChI is InChI=1S/C10H18O/c1-4-9(3)10-7-8(2)5-6-11-10/h4,8,10H,5-7H2,1-3H3/b9-4-. The summed E-state index contributed by atoms with van der Waals surface area (Å²) in [6, 6.07) is 0. The van der Waals surface area contributed by atoms with Crippen molar-refractivity contribution in [3.63, 3.8) is 0 Å². The van der Waals surface area contributed by atoms with Gasteiger partial charge in [0.2, 0.25) is 0 Å². The van der Waals surface area contributed by atoms with E-state index in [1.807, 2.05) is 0 Å².